The minimum Gasteiger partial charge on any atom is -0.466 e. The molecule has 0 aliphatic heterocycles. The van der Waals surface area contributed by atoms with Crippen molar-refractivity contribution in [3.8, 4) is 0 Å². The van der Waals surface area contributed by atoms with Gasteiger partial charge in [-0.05, 0) is 39.0 Å². The van der Waals surface area contributed by atoms with Crippen LogP contribution in [-0.2, 0) is 9.53 Å². The summed E-state index contributed by atoms with van der Waals surface area (Å²) >= 11 is 0. The summed E-state index contributed by atoms with van der Waals surface area (Å²) < 4.78 is 5.10. The highest BCUT2D eigenvalue weighted by Gasteiger charge is 2.17. The molecule has 0 aromatic carbocycles. The Balaban J connectivity index is 3.80. The molecular formula is C15H28O2. The average molecular weight is 240 g/mol. The van der Waals surface area contributed by atoms with Crippen LogP contribution in [0.1, 0.15) is 65.7 Å². The van der Waals surface area contributed by atoms with E-state index in [-0.39, 0.29) is 11.9 Å². The topological polar surface area (TPSA) is 26.3 Å². The number of ether oxygens (including phenoxy) is 1. The lowest BCUT2D eigenvalue weighted by Gasteiger charge is -2.13. The van der Waals surface area contributed by atoms with Crippen LogP contribution in [0.3, 0.4) is 0 Å². The molecule has 0 saturated carbocycles. The SMILES string of the molecule is CCC/C=C/CCCC(CCC)C(=O)OCC. The van der Waals surface area contributed by atoms with Gasteiger partial charge in [0.15, 0.2) is 0 Å². The van der Waals surface area contributed by atoms with Gasteiger partial charge in [-0.2, -0.15) is 0 Å². The molecule has 0 radical (unpaired) electrons. The number of allylic oxidation sites excluding steroid dienone is 2. The van der Waals surface area contributed by atoms with Crippen molar-refractivity contribution in [3.63, 3.8) is 0 Å². The molecule has 1 atom stereocenters. The van der Waals surface area contributed by atoms with E-state index in [4.69, 9.17) is 4.74 Å². The molecule has 0 aromatic rings. The Bertz CT molecular complexity index is 209. The van der Waals surface area contributed by atoms with Gasteiger partial charge in [0.1, 0.15) is 0 Å². The fourth-order valence-corrected chi connectivity index (χ4v) is 1.87. The van der Waals surface area contributed by atoms with Gasteiger partial charge in [0, 0.05) is 0 Å². The van der Waals surface area contributed by atoms with Crippen LogP contribution in [-0.4, -0.2) is 12.6 Å². The molecule has 2 nitrogen and oxygen atoms in total. The first kappa shape index (κ1) is 16.2. The molecule has 0 aliphatic rings. The van der Waals surface area contributed by atoms with Crippen molar-refractivity contribution in [2.75, 3.05) is 6.61 Å². The van der Waals surface area contributed by atoms with Crippen LogP contribution in [0.2, 0.25) is 0 Å². The summed E-state index contributed by atoms with van der Waals surface area (Å²) in [5, 5.41) is 0. The number of carbonyl (C=O) groups excluding carboxylic acids is 1. The lowest BCUT2D eigenvalue weighted by atomic mass is 9.97. The molecule has 0 saturated heterocycles. The first-order chi connectivity index (χ1) is 8.26. The molecule has 0 fully saturated rings. The number of hydrogen-bond donors (Lipinski definition) is 0. The Morgan fingerprint density at radius 2 is 1.76 bits per heavy atom. The highest BCUT2D eigenvalue weighted by atomic mass is 16.5. The van der Waals surface area contributed by atoms with Gasteiger partial charge in [0.2, 0.25) is 0 Å². The molecule has 0 aliphatic carbocycles. The van der Waals surface area contributed by atoms with Crippen LogP contribution >= 0.6 is 0 Å². The second kappa shape index (κ2) is 11.7. The number of unbranched alkanes of at least 4 members (excludes halogenated alkanes) is 2. The first-order valence-electron chi connectivity index (χ1n) is 7.07. The normalized spacial score (nSPS) is 12.9. The zero-order chi connectivity index (χ0) is 12.9. The van der Waals surface area contributed by atoms with Gasteiger partial charge in [0.05, 0.1) is 12.5 Å². The standard InChI is InChI=1S/C15H28O2/c1-4-7-8-9-10-11-13-14(12-5-2)15(16)17-6-3/h8-9,14H,4-7,10-13H2,1-3H3/b9-8+. The Morgan fingerprint density at radius 3 is 2.35 bits per heavy atom. The quantitative estimate of drug-likeness (QED) is 0.319. The summed E-state index contributed by atoms with van der Waals surface area (Å²) in [4.78, 5) is 11.7. The molecular weight excluding hydrogens is 212 g/mol. The van der Waals surface area contributed by atoms with Gasteiger partial charge in [-0.1, -0.05) is 38.8 Å². The van der Waals surface area contributed by atoms with Gasteiger partial charge >= 0.3 is 5.97 Å². The second-order valence-electron chi connectivity index (χ2n) is 4.43. The predicted molar refractivity (Wildman–Crippen MR) is 72.9 cm³/mol. The van der Waals surface area contributed by atoms with Gasteiger partial charge in [-0.25, -0.2) is 0 Å². The fourth-order valence-electron chi connectivity index (χ4n) is 1.87. The fraction of sp³-hybridized carbons (Fsp3) is 0.800. The molecule has 0 aromatic heterocycles. The summed E-state index contributed by atoms with van der Waals surface area (Å²) in [6, 6.07) is 0. The van der Waals surface area contributed by atoms with E-state index in [1.807, 2.05) is 6.92 Å². The highest BCUT2D eigenvalue weighted by molar-refractivity contribution is 5.72. The molecule has 17 heavy (non-hydrogen) atoms. The van der Waals surface area contributed by atoms with Gasteiger partial charge in [0.25, 0.3) is 0 Å². The Labute approximate surface area is 106 Å². The second-order valence-corrected chi connectivity index (χ2v) is 4.43. The van der Waals surface area contributed by atoms with Crippen molar-refractivity contribution in [1.29, 1.82) is 0 Å². The maximum absolute atomic E-state index is 11.7. The van der Waals surface area contributed by atoms with E-state index in [1.54, 1.807) is 0 Å². The minimum absolute atomic E-state index is 0.00751. The zero-order valence-electron chi connectivity index (χ0n) is 11.7. The van der Waals surface area contributed by atoms with Crippen molar-refractivity contribution in [2.24, 2.45) is 5.92 Å². The van der Waals surface area contributed by atoms with E-state index in [0.717, 1.165) is 38.5 Å². The largest absolute Gasteiger partial charge is 0.466 e. The van der Waals surface area contributed by atoms with Crippen LogP contribution in [0.25, 0.3) is 0 Å². The Morgan fingerprint density at radius 1 is 1.06 bits per heavy atom. The van der Waals surface area contributed by atoms with Crippen LogP contribution in [0.5, 0.6) is 0 Å². The summed E-state index contributed by atoms with van der Waals surface area (Å²) in [6.45, 7) is 6.67. The van der Waals surface area contributed by atoms with Gasteiger partial charge in [-0.15, -0.1) is 0 Å². The van der Waals surface area contributed by atoms with Gasteiger partial charge in [-0.3, -0.25) is 4.79 Å². The molecule has 0 rings (SSSR count). The molecule has 0 spiro atoms. The van der Waals surface area contributed by atoms with Crippen molar-refractivity contribution < 1.29 is 9.53 Å². The maximum Gasteiger partial charge on any atom is 0.308 e. The summed E-state index contributed by atoms with van der Waals surface area (Å²) in [5.74, 6) is 0.103. The minimum atomic E-state index is -0.00751. The summed E-state index contributed by atoms with van der Waals surface area (Å²) in [5.41, 5.74) is 0. The third-order valence-corrected chi connectivity index (χ3v) is 2.80. The number of rotatable bonds is 10. The van der Waals surface area contributed by atoms with Crippen molar-refractivity contribution in [3.05, 3.63) is 12.2 Å². The zero-order valence-corrected chi connectivity index (χ0v) is 11.7. The number of hydrogen-bond acceptors (Lipinski definition) is 2. The average Bonchev–Trinajstić information content (AvgIpc) is 2.32. The van der Waals surface area contributed by atoms with Crippen molar-refractivity contribution >= 4 is 5.97 Å². The molecule has 0 heterocycles. The maximum atomic E-state index is 11.7. The van der Waals surface area contributed by atoms with Crippen molar-refractivity contribution in [1.82, 2.24) is 0 Å². The third kappa shape index (κ3) is 8.96. The molecule has 0 amide bonds. The third-order valence-electron chi connectivity index (χ3n) is 2.80. The van der Waals surface area contributed by atoms with Gasteiger partial charge < -0.3 is 4.74 Å². The van der Waals surface area contributed by atoms with Crippen LogP contribution < -0.4 is 0 Å². The molecule has 2 heteroatoms. The van der Waals surface area contributed by atoms with Crippen LogP contribution in [0.4, 0.5) is 0 Å². The summed E-state index contributed by atoms with van der Waals surface area (Å²) in [7, 11) is 0. The van der Waals surface area contributed by atoms with E-state index in [1.165, 1.54) is 6.42 Å². The molecule has 0 N–H and O–H groups in total. The van der Waals surface area contributed by atoms with E-state index >= 15 is 0 Å². The molecule has 0 bridgehead atoms. The Kier molecular flexibility index (Phi) is 11.1. The van der Waals surface area contributed by atoms with Crippen LogP contribution in [0, 0.1) is 5.92 Å². The summed E-state index contributed by atoms with van der Waals surface area (Å²) in [6.07, 6.45) is 12.0. The molecule has 100 valence electrons. The Hall–Kier alpha value is -0.790. The van der Waals surface area contributed by atoms with E-state index in [2.05, 4.69) is 26.0 Å². The number of carbonyl (C=O) groups is 1. The van der Waals surface area contributed by atoms with E-state index in [0.29, 0.717) is 6.61 Å². The van der Waals surface area contributed by atoms with E-state index in [9.17, 15) is 4.79 Å². The first-order valence-corrected chi connectivity index (χ1v) is 7.07. The monoisotopic (exact) mass is 240 g/mol. The smallest absolute Gasteiger partial charge is 0.308 e. The predicted octanol–water partition coefficient (Wildman–Crippen LogP) is 4.49. The van der Waals surface area contributed by atoms with Crippen LogP contribution in [0.15, 0.2) is 12.2 Å². The van der Waals surface area contributed by atoms with E-state index < -0.39 is 0 Å². The lowest BCUT2D eigenvalue weighted by molar-refractivity contribution is -0.148. The van der Waals surface area contributed by atoms with Crippen molar-refractivity contribution in [2.45, 2.75) is 65.7 Å². The lowest BCUT2D eigenvalue weighted by Crippen LogP contribution is -2.17. The molecule has 1 unspecified atom stereocenters. The highest BCUT2D eigenvalue weighted by Crippen LogP contribution is 2.17. The number of esters is 1.